The van der Waals surface area contributed by atoms with E-state index in [-0.39, 0.29) is 6.79 Å². The van der Waals surface area contributed by atoms with E-state index < -0.39 is 5.97 Å². The Morgan fingerprint density at radius 2 is 1.93 bits per heavy atom. The Hall–Kier alpha value is -3.28. The molecule has 6 nitrogen and oxygen atoms in total. The minimum atomic E-state index is -0.465. The summed E-state index contributed by atoms with van der Waals surface area (Å²) in [4.78, 5) is 12.7. The third kappa shape index (κ3) is 3.45. The molecule has 0 aliphatic carbocycles. The number of fused-ring (bicyclic) bond motifs is 1. The lowest BCUT2D eigenvalue weighted by Crippen LogP contribution is -2.12. The fourth-order valence-corrected chi connectivity index (χ4v) is 3.25. The van der Waals surface area contributed by atoms with Gasteiger partial charge in [-0.1, -0.05) is 31.0 Å². The molecule has 0 spiro atoms. The van der Waals surface area contributed by atoms with E-state index in [1.807, 2.05) is 32.0 Å². The van der Waals surface area contributed by atoms with Crippen LogP contribution in [0.5, 0.6) is 17.4 Å². The predicted molar refractivity (Wildman–Crippen MR) is 105 cm³/mol. The maximum Gasteiger partial charge on any atom is 0.344 e. The number of carbonyl (C=O) groups is 1. The van der Waals surface area contributed by atoms with Gasteiger partial charge < -0.3 is 14.2 Å². The number of hydrogen-bond donors (Lipinski definition) is 0. The van der Waals surface area contributed by atoms with Crippen molar-refractivity contribution in [2.45, 2.75) is 33.6 Å². The highest BCUT2D eigenvalue weighted by Crippen LogP contribution is 2.33. The first kappa shape index (κ1) is 18.1. The first-order chi connectivity index (χ1) is 13.5. The van der Waals surface area contributed by atoms with Crippen LogP contribution in [0.25, 0.3) is 5.69 Å². The summed E-state index contributed by atoms with van der Waals surface area (Å²) in [6.45, 7) is 6.32. The molecule has 0 radical (unpaired) electrons. The van der Waals surface area contributed by atoms with Gasteiger partial charge in [-0.15, -0.1) is 0 Å². The Labute approximate surface area is 163 Å². The average molecular weight is 378 g/mol. The molecular formula is C22H22N2O4. The molecule has 0 bridgehead atoms. The number of esters is 1. The van der Waals surface area contributed by atoms with Crippen molar-refractivity contribution in [1.29, 1.82) is 0 Å². The van der Waals surface area contributed by atoms with Gasteiger partial charge in [0.1, 0.15) is 0 Å². The molecule has 0 N–H and O–H groups in total. The summed E-state index contributed by atoms with van der Waals surface area (Å²) in [7, 11) is 0. The Morgan fingerprint density at radius 3 is 2.71 bits per heavy atom. The quantitative estimate of drug-likeness (QED) is 0.616. The molecule has 0 amide bonds. The minimum Gasteiger partial charge on any atom is -0.454 e. The van der Waals surface area contributed by atoms with Crippen molar-refractivity contribution in [3.05, 3.63) is 64.8 Å². The van der Waals surface area contributed by atoms with Crippen molar-refractivity contribution < 1.29 is 19.0 Å². The molecule has 144 valence electrons. The number of rotatable bonds is 5. The monoisotopic (exact) mass is 378 g/mol. The summed E-state index contributed by atoms with van der Waals surface area (Å²) in [6.07, 6.45) is 1.77. The van der Waals surface area contributed by atoms with Gasteiger partial charge in [-0.25, -0.2) is 9.48 Å². The van der Waals surface area contributed by atoms with Gasteiger partial charge in [0.15, 0.2) is 11.5 Å². The number of nitrogens with zero attached hydrogens (tertiary/aromatic N) is 2. The van der Waals surface area contributed by atoms with Gasteiger partial charge in [-0.2, -0.15) is 5.10 Å². The summed E-state index contributed by atoms with van der Waals surface area (Å²) < 4.78 is 18.1. The van der Waals surface area contributed by atoms with Crippen molar-refractivity contribution in [2.75, 3.05) is 6.79 Å². The van der Waals surface area contributed by atoms with Gasteiger partial charge in [0, 0.05) is 6.07 Å². The SMILES string of the molecule is CCCc1cc(OC(=O)c2ccc3c(c2)OCO3)n(-c2ccc(C)cc2C)n1. The standard InChI is InChI=1S/C22H22N2O4/c1-4-5-17-12-21(24(23-17)18-8-6-14(2)10-15(18)3)28-22(25)16-7-9-19-20(11-16)27-13-26-19/h6-12H,4-5,13H2,1-3H3. The second-order valence-corrected chi connectivity index (χ2v) is 6.88. The van der Waals surface area contributed by atoms with Crippen LogP contribution in [0.3, 0.4) is 0 Å². The van der Waals surface area contributed by atoms with E-state index in [4.69, 9.17) is 14.2 Å². The molecule has 1 aliphatic rings. The lowest BCUT2D eigenvalue weighted by atomic mass is 10.1. The summed E-state index contributed by atoms with van der Waals surface area (Å²) in [5, 5.41) is 4.66. The Balaban J connectivity index is 1.67. The van der Waals surface area contributed by atoms with Crippen molar-refractivity contribution in [2.24, 2.45) is 0 Å². The molecule has 1 aliphatic heterocycles. The van der Waals surface area contributed by atoms with Crippen LogP contribution in [0.1, 0.15) is 40.5 Å². The largest absolute Gasteiger partial charge is 0.454 e. The number of ether oxygens (including phenoxy) is 3. The molecule has 0 saturated heterocycles. The molecule has 28 heavy (non-hydrogen) atoms. The Bertz CT molecular complexity index is 1040. The molecule has 2 heterocycles. The third-order valence-corrected chi connectivity index (χ3v) is 4.62. The lowest BCUT2D eigenvalue weighted by Gasteiger charge is -2.11. The van der Waals surface area contributed by atoms with Crippen LogP contribution in [-0.2, 0) is 6.42 Å². The fourth-order valence-electron chi connectivity index (χ4n) is 3.25. The first-order valence-electron chi connectivity index (χ1n) is 9.33. The Kier molecular flexibility index (Phi) is 4.77. The number of benzene rings is 2. The molecule has 2 aromatic carbocycles. The summed E-state index contributed by atoms with van der Waals surface area (Å²) in [5.41, 5.74) is 4.40. The van der Waals surface area contributed by atoms with Crippen LogP contribution in [0.2, 0.25) is 0 Å². The smallest absolute Gasteiger partial charge is 0.344 e. The second-order valence-electron chi connectivity index (χ2n) is 6.88. The highest BCUT2D eigenvalue weighted by molar-refractivity contribution is 5.91. The maximum absolute atomic E-state index is 12.7. The van der Waals surface area contributed by atoms with Crippen LogP contribution in [0.4, 0.5) is 0 Å². The van der Waals surface area contributed by atoms with Crippen molar-refractivity contribution >= 4 is 5.97 Å². The molecule has 6 heteroatoms. The maximum atomic E-state index is 12.7. The van der Waals surface area contributed by atoms with Gasteiger partial charge in [0.05, 0.1) is 16.9 Å². The number of aryl methyl sites for hydroxylation is 3. The van der Waals surface area contributed by atoms with E-state index in [1.165, 1.54) is 5.56 Å². The van der Waals surface area contributed by atoms with Gasteiger partial charge in [0.2, 0.25) is 12.7 Å². The highest BCUT2D eigenvalue weighted by atomic mass is 16.7. The van der Waals surface area contributed by atoms with E-state index in [0.29, 0.717) is 22.9 Å². The Morgan fingerprint density at radius 1 is 1.11 bits per heavy atom. The molecule has 0 unspecified atom stereocenters. The summed E-state index contributed by atoms with van der Waals surface area (Å²) >= 11 is 0. The van der Waals surface area contributed by atoms with Gasteiger partial charge >= 0.3 is 5.97 Å². The molecule has 0 saturated carbocycles. The van der Waals surface area contributed by atoms with Crippen LogP contribution >= 0.6 is 0 Å². The number of carbonyl (C=O) groups excluding carboxylic acids is 1. The van der Waals surface area contributed by atoms with Crippen LogP contribution in [0.15, 0.2) is 42.5 Å². The number of hydrogen-bond acceptors (Lipinski definition) is 5. The lowest BCUT2D eigenvalue weighted by molar-refractivity contribution is 0.0722. The summed E-state index contributed by atoms with van der Waals surface area (Å²) in [5.74, 6) is 1.11. The van der Waals surface area contributed by atoms with Crippen molar-refractivity contribution in [3.63, 3.8) is 0 Å². The molecule has 4 rings (SSSR count). The van der Waals surface area contributed by atoms with Crippen LogP contribution in [-0.4, -0.2) is 22.5 Å². The van der Waals surface area contributed by atoms with E-state index in [1.54, 1.807) is 22.9 Å². The topological polar surface area (TPSA) is 62.6 Å². The van der Waals surface area contributed by atoms with Crippen LogP contribution < -0.4 is 14.2 Å². The zero-order valence-electron chi connectivity index (χ0n) is 16.2. The van der Waals surface area contributed by atoms with E-state index in [0.717, 1.165) is 29.8 Å². The fraction of sp³-hybridized carbons (Fsp3) is 0.273. The molecule has 1 aromatic heterocycles. The zero-order chi connectivity index (χ0) is 19.7. The average Bonchev–Trinajstić information content (AvgIpc) is 3.28. The van der Waals surface area contributed by atoms with Crippen molar-refractivity contribution in [3.8, 4) is 23.1 Å². The normalized spacial score (nSPS) is 12.2. The van der Waals surface area contributed by atoms with Crippen molar-refractivity contribution in [1.82, 2.24) is 9.78 Å². The van der Waals surface area contributed by atoms with Gasteiger partial charge in [-0.05, 0) is 50.1 Å². The highest BCUT2D eigenvalue weighted by Gasteiger charge is 2.20. The van der Waals surface area contributed by atoms with E-state index in [9.17, 15) is 4.79 Å². The van der Waals surface area contributed by atoms with Gasteiger partial charge in [0.25, 0.3) is 0 Å². The second kappa shape index (κ2) is 7.38. The molecule has 0 fully saturated rings. The number of aromatic nitrogens is 2. The van der Waals surface area contributed by atoms with E-state index >= 15 is 0 Å². The molecular weight excluding hydrogens is 356 g/mol. The van der Waals surface area contributed by atoms with Crippen LogP contribution in [0, 0.1) is 13.8 Å². The molecule has 3 aromatic rings. The zero-order valence-corrected chi connectivity index (χ0v) is 16.2. The summed E-state index contributed by atoms with van der Waals surface area (Å²) in [6, 6.07) is 12.9. The predicted octanol–water partition coefficient (Wildman–Crippen LogP) is 4.39. The van der Waals surface area contributed by atoms with E-state index in [2.05, 4.69) is 18.1 Å². The third-order valence-electron chi connectivity index (χ3n) is 4.62. The molecule has 0 atom stereocenters. The minimum absolute atomic E-state index is 0.160. The van der Waals surface area contributed by atoms with Gasteiger partial charge in [-0.3, -0.25) is 0 Å². The first-order valence-corrected chi connectivity index (χ1v) is 9.33.